The van der Waals surface area contributed by atoms with E-state index in [1.165, 1.54) is 11.1 Å². The monoisotopic (exact) mass is 338 g/mol. The fourth-order valence-electron chi connectivity index (χ4n) is 2.53. The van der Waals surface area contributed by atoms with Gasteiger partial charge in [0.25, 0.3) is 0 Å². The Morgan fingerprint density at radius 2 is 1.56 bits per heavy atom. The molecule has 0 heterocycles. The lowest BCUT2D eigenvalue weighted by Crippen LogP contribution is -2.44. The molecule has 1 amide bonds. The molecule has 2 N–H and O–H groups in total. The first-order valence-electron chi connectivity index (χ1n) is 8.45. The molecule has 2 aromatic carbocycles. The molecule has 0 spiro atoms. The topological polar surface area (TPSA) is 56.7 Å². The van der Waals surface area contributed by atoms with Crippen LogP contribution in [-0.4, -0.2) is 44.0 Å². The molecule has 132 valence electrons. The molecule has 0 aromatic heterocycles. The SMILES string of the molecule is CN=C(NCC(=O)NCCc1ccccc1)N(C)Cc1ccccc1. The summed E-state index contributed by atoms with van der Waals surface area (Å²) in [6.45, 7) is 1.57. The lowest BCUT2D eigenvalue weighted by Gasteiger charge is -2.22. The molecule has 0 atom stereocenters. The van der Waals surface area contributed by atoms with Crippen molar-refractivity contribution in [3.8, 4) is 0 Å². The fraction of sp³-hybridized carbons (Fsp3) is 0.300. The van der Waals surface area contributed by atoms with Gasteiger partial charge in [-0.1, -0.05) is 60.7 Å². The Morgan fingerprint density at radius 3 is 2.16 bits per heavy atom. The standard InChI is InChI=1S/C20H26N4O/c1-21-20(24(2)16-18-11-7-4-8-12-18)23-15-19(25)22-14-13-17-9-5-3-6-10-17/h3-12H,13-16H2,1-2H3,(H,21,23)(H,22,25). The number of benzene rings is 2. The van der Waals surface area contributed by atoms with Crippen molar-refractivity contribution in [1.82, 2.24) is 15.5 Å². The molecule has 0 saturated heterocycles. The van der Waals surface area contributed by atoms with Crippen molar-refractivity contribution in [3.63, 3.8) is 0 Å². The van der Waals surface area contributed by atoms with E-state index < -0.39 is 0 Å². The summed E-state index contributed by atoms with van der Waals surface area (Å²) in [5, 5.41) is 6.03. The third kappa shape index (κ3) is 6.67. The van der Waals surface area contributed by atoms with Gasteiger partial charge >= 0.3 is 0 Å². The summed E-state index contributed by atoms with van der Waals surface area (Å²) in [5.41, 5.74) is 2.41. The van der Waals surface area contributed by atoms with E-state index in [0.717, 1.165) is 13.0 Å². The van der Waals surface area contributed by atoms with Crippen LogP contribution in [0, 0.1) is 0 Å². The average molecular weight is 338 g/mol. The average Bonchev–Trinajstić information content (AvgIpc) is 2.64. The Kier molecular flexibility index (Phi) is 7.50. The van der Waals surface area contributed by atoms with E-state index in [-0.39, 0.29) is 12.5 Å². The van der Waals surface area contributed by atoms with E-state index >= 15 is 0 Å². The molecule has 0 aliphatic carbocycles. The highest BCUT2D eigenvalue weighted by molar-refractivity contribution is 5.86. The van der Waals surface area contributed by atoms with Crippen LogP contribution in [0.3, 0.4) is 0 Å². The van der Waals surface area contributed by atoms with Crippen molar-refractivity contribution in [1.29, 1.82) is 0 Å². The Balaban J connectivity index is 1.71. The molecule has 2 aromatic rings. The molecule has 0 bridgehead atoms. The van der Waals surface area contributed by atoms with Gasteiger partial charge in [-0.25, -0.2) is 0 Å². The normalized spacial score (nSPS) is 11.0. The van der Waals surface area contributed by atoms with Gasteiger partial charge in [0, 0.05) is 27.2 Å². The number of nitrogens with one attached hydrogen (secondary N) is 2. The lowest BCUT2D eigenvalue weighted by molar-refractivity contribution is -0.120. The minimum Gasteiger partial charge on any atom is -0.354 e. The minimum absolute atomic E-state index is 0.0369. The van der Waals surface area contributed by atoms with Crippen molar-refractivity contribution in [3.05, 3.63) is 71.8 Å². The zero-order valence-electron chi connectivity index (χ0n) is 14.9. The van der Waals surface area contributed by atoms with Gasteiger partial charge in [0.05, 0.1) is 6.54 Å². The molecule has 0 saturated carbocycles. The van der Waals surface area contributed by atoms with E-state index in [4.69, 9.17) is 0 Å². The highest BCUT2D eigenvalue weighted by Crippen LogP contribution is 2.02. The Labute approximate surface area is 149 Å². The second-order valence-corrected chi connectivity index (χ2v) is 5.83. The van der Waals surface area contributed by atoms with Crippen LogP contribution in [0.2, 0.25) is 0 Å². The zero-order valence-corrected chi connectivity index (χ0v) is 14.9. The number of guanidine groups is 1. The summed E-state index contributed by atoms with van der Waals surface area (Å²) in [6, 6.07) is 20.3. The fourth-order valence-corrected chi connectivity index (χ4v) is 2.53. The third-order valence-corrected chi connectivity index (χ3v) is 3.82. The van der Waals surface area contributed by atoms with Crippen LogP contribution in [0.25, 0.3) is 0 Å². The van der Waals surface area contributed by atoms with Crippen LogP contribution < -0.4 is 10.6 Å². The largest absolute Gasteiger partial charge is 0.354 e. The zero-order chi connectivity index (χ0) is 17.9. The van der Waals surface area contributed by atoms with E-state index in [1.54, 1.807) is 7.05 Å². The van der Waals surface area contributed by atoms with Gasteiger partial charge < -0.3 is 15.5 Å². The second kappa shape index (κ2) is 10.1. The number of carbonyl (C=O) groups is 1. The van der Waals surface area contributed by atoms with Crippen LogP contribution in [0.1, 0.15) is 11.1 Å². The number of aliphatic imine (C=N–C) groups is 1. The highest BCUT2D eigenvalue weighted by Gasteiger charge is 2.08. The highest BCUT2D eigenvalue weighted by atomic mass is 16.1. The molecule has 0 radical (unpaired) electrons. The number of nitrogens with zero attached hydrogens (tertiary/aromatic N) is 2. The van der Waals surface area contributed by atoms with Crippen LogP contribution in [0.5, 0.6) is 0 Å². The summed E-state index contributed by atoms with van der Waals surface area (Å²) < 4.78 is 0. The molecule has 2 rings (SSSR count). The first-order chi connectivity index (χ1) is 12.2. The van der Waals surface area contributed by atoms with Crippen LogP contribution >= 0.6 is 0 Å². The number of amides is 1. The Hall–Kier alpha value is -2.82. The van der Waals surface area contributed by atoms with Crippen molar-refractivity contribution in [2.24, 2.45) is 4.99 Å². The number of rotatable bonds is 7. The van der Waals surface area contributed by atoms with Gasteiger partial charge in [0.1, 0.15) is 0 Å². The van der Waals surface area contributed by atoms with Gasteiger partial charge in [-0.2, -0.15) is 0 Å². The molecule has 0 aliphatic rings. The van der Waals surface area contributed by atoms with Gasteiger partial charge in [-0.3, -0.25) is 9.79 Å². The maximum Gasteiger partial charge on any atom is 0.239 e. The Morgan fingerprint density at radius 1 is 0.960 bits per heavy atom. The molecule has 25 heavy (non-hydrogen) atoms. The first kappa shape index (κ1) is 18.5. The van der Waals surface area contributed by atoms with Crippen molar-refractivity contribution >= 4 is 11.9 Å². The van der Waals surface area contributed by atoms with E-state index in [9.17, 15) is 4.79 Å². The summed E-state index contributed by atoms with van der Waals surface area (Å²) in [7, 11) is 3.67. The number of hydrogen-bond donors (Lipinski definition) is 2. The van der Waals surface area contributed by atoms with Gasteiger partial charge in [0.2, 0.25) is 5.91 Å². The van der Waals surface area contributed by atoms with Crippen LogP contribution in [0.15, 0.2) is 65.7 Å². The molecule has 0 fully saturated rings. The summed E-state index contributed by atoms with van der Waals surface area (Å²) >= 11 is 0. The predicted octanol–water partition coefficient (Wildman–Crippen LogP) is 2.05. The lowest BCUT2D eigenvalue weighted by atomic mass is 10.1. The molecule has 0 aliphatic heterocycles. The molecular weight excluding hydrogens is 312 g/mol. The smallest absolute Gasteiger partial charge is 0.239 e. The molecule has 5 heteroatoms. The number of hydrogen-bond acceptors (Lipinski definition) is 2. The van der Waals surface area contributed by atoms with Gasteiger partial charge in [-0.05, 0) is 17.5 Å². The Bertz CT molecular complexity index is 671. The first-order valence-corrected chi connectivity index (χ1v) is 8.45. The maximum atomic E-state index is 12.0. The maximum absolute atomic E-state index is 12.0. The van der Waals surface area contributed by atoms with Gasteiger partial charge in [0.15, 0.2) is 5.96 Å². The molecule has 0 unspecified atom stereocenters. The van der Waals surface area contributed by atoms with Gasteiger partial charge in [-0.15, -0.1) is 0 Å². The molecular formula is C20H26N4O. The summed E-state index contributed by atoms with van der Waals surface area (Å²) in [6.07, 6.45) is 0.829. The molecule has 5 nitrogen and oxygen atoms in total. The number of carbonyl (C=O) groups excluding carboxylic acids is 1. The minimum atomic E-state index is -0.0369. The van der Waals surface area contributed by atoms with E-state index in [2.05, 4.69) is 39.9 Å². The van der Waals surface area contributed by atoms with Crippen LogP contribution in [0.4, 0.5) is 0 Å². The summed E-state index contributed by atoms with van der Waals surface area (Å²) in [4.78, 5) is 18.2. The van der Waals surface area contributed by atoms with Crippen molar-refractivity contribution in [2.45, 2.75) is 13.0 Å². The van der Waals surface area contributed by atoms with E-state index in [1.807, 2.05) is 48.3 Å². The quantitative estimate of drug-likeness (QED) is 0.600. The summed E-state index contributed by atoms with van der Waals surface area (Å²) in [5.74, 6) is 0.659. The van der Waals surface area contributed by atoms with E-state index in [0.29, 0.717) is 12.5 Å². The predicted molar refractivity (Wildman–Crippen MR) is 102 cm³/mol. The van der Waals surface area contributed by atoms with Crippen molar-refractivity contribution in [2.75, 3.05) is 27.2 Å². The third-order valence-electron chi connectivity index (χ3n) is 3.82. The van der Waals surface area contributed by atoms with Crippen molar-refractivity contribution < 1.29 is 4.79 Å². The second-order valence-electron chi connectivity index (χ2n) is 5.83. The van der Waals surface area contributed by atoms with Crippen LogP contribution in [-0.2, 0) is 17.8 Å².